The molecule has 3 aromatic carbocycles. The molecule has 41 heavy (non-hydrogen) atoms. The lowest BCUT2D eigenvalue weighted by molar-refractivity contribution is 0.102. The van der Waals surface area contributed by atoms with Crippen LogP contribution in [-0.4, -0.2) is 34.2 Å². The molecule has 1 N–H and O–H groups in total. The van der Waals surface area contributed by atoms with Crippen molar-refractivity contribution in [3.8, 4) is 28.7 Å². The van der Waals surface area contributed by atoms with Crippen LogP contribution in [0.15, 0.2) is 88.7 Å². The number of amides is 1. The number of aromatic nitrogens is 3. The zero-order valence-electron chi connectivity index (χ0n) is 22.4. The molecule has 11 heteroatoms. The molecule has 0 aliphatic rings. The van der Waals surface area contributed by atoms with Crippen LogP contribution in [0.5, 0.6) is 23.0 Å². The van der Waals surface area contributed by atoms with E-state index in [2.05, 4.69) is 10.3 Å². The van der Waals surface area contributed by atoms with Gasteiger partial charge in [0.2, 0.25) is 0 Å². The molecule has 2 aromatic heterocycles. The summed E-state index contributed by atoms with van der Waals surface area (Å²) in [5.41, 5.74) is -0.534. The fourth-order valence-electron chi connectivity index (χ4n) is 4.29. The first-order valence-electron chi connectivity index (χ1n) is 12.6. The van der Waals surface area contributed by atoms with E-state index in [-0.39, 0.29) is 17.8 Å². The van der Waals surface area contributed by atoms with Crippen LogP contribution >= 0.6 is 0 Å². The molecular weight excluding hydrogens is 531 g/mol. The zero-order valence-corrected chi connectivity index (χ0v) is 22.4. The van der Waals surface area contributed by atoms with Crippen molar-refractivity contribution in [1.82, 2.24) is 14.1 Å². The van der Waals surface area contributed by atoms with Crippen molar-refractivity contribution in [3.05, 3.63) is 111 Å². The van der Waals surface area contributed by atoms with Gasteiger partial charge >= 0.3 is 5.69 Å². The molecule has 10 nitrogen and oxygen atoms in total. The molecule has 0 spiro atoms. The lowest BCUT2D eigenvalue weighted by atomic mass is 10.1. The summed E-state index contributed by atoms with van der Waals surface area (Å²) in [6.45, 7) is 1.92. The van der Waals surface area contributed by atoms with Gasteiger partial charge in [-0.2, -0.15) is 0 Å². The number of ether oxygens (including phenoxy) is 3. The van der Waals surface area contributed by atoms with E-state index in [9.17, 15) is 18.8 Å². The molecule has 1 amide bonds. The summed E-state index contributed by atoms with van der Waals surface area (Å²) in [7, 11) is 3.10. The zero-order chi connectivity index (χ0) is 29.1. The predicted octanol–water partition coefficient (Wildman–Crippen LogP) is 4.77. The first kappa shape index (κ1) is 27.1. The van der Waals surface area contributed by atoms with E-state index in [4.69, 9.17) is 14.2 Å². The molecule has 0 saturated carbocycles. The Labute approximate surface area is 233 Å². The van der Waals surface area contributed by atoms with Crippen LogP contribution in [0.1, 0.15) is 17.3 Å². The minimum absolute atomic E-state index is 0.151. The van der Waals surface area contributed by atoms with Crippen molar-refractivity contribution in [2.45, 2.75) is 13.5 Å². The standard InChI is InChI=1S/C30H25FN4O6/c1-4-34-17-23(29(37)35(30(34)38)20-9-5-18(31)6-10-20)28(36)33-19-7-11-21(12-8-19)41-25-13-14-32-24-15-22(39-2)16-26(40-3)27(24)25/h5-17H,4H2,1-3H3,(H,33,36). The third kappa shape index (κ3) is 5.37. The molecular formula is C30H25FN4O6. The van der Waals surface area contributed by atoms with Crippen molar-refractivity contribution in [2.75, 3.05) is 19.5 Å². The molecule has 0 atom stereocenters. The smallest absolute Gasteiger partial charge is 0.335 e. The van der Waals surface area contributed by atoms with Crippen molar-refractivity contribution in [1.29, 1.82) is 0 Å². The van der Waals surface area contributed by atoms with Gasteiger partial charge in [-0.3, -0.25) is 19.1 Å². The average molecular weight is 557 g/mol. The quantitative estimate of drug-likeness (QED) is 0.293. The van der Waals surface area contributed by atoms with Crippen molar-refractivity contribution in [3.63, 3.8) is 0 Å². The van der Waals surface area contributed by atoms with E-state index in [0.717, 1.165) is 16.7 Å². The summed E-state index contributed by atoms with van der Waals surface area (Å²) < 4.78 is 32.4. The number of benzene rings is 3. The maximum atomic E-state index is 13.4. The van der Waals surface area contributed by atoms with Gasteiger partial charge in [0.05, 0.1) is 30.8 Å². The number of pyridine rings is 1. The van der Waals surface area contributed by atoms with Crippen LogP contribution in [0.2, 0.25) is 0 Å². The summed E-state index contributed by atoms with van der Waals surface area (Å²) in [4.78, 5) is 43.5. The molecule has 5 rings (SSSR count). The van der Waals surface area contributed by atoms with Crippen molar-refractivity contribution in [2.24, 2.45) is 0 Å². The third-order valence-electron chi connectivity index (χ3n) is 6.36. The minimum Gasteiger partial charge on any atom is -0.497 e. The summed E-state index contributed by atoms with van der Waals surface area (Å²) in [5, 5.41) is 3.35. The normalized spacial score (nSPS) is 10.8. The highest BCUT2D eigenvalue weighted by Gasteiger charge is 2.19. The fourth-order valence-corrected chi connectivity index (χ4v) is 4.29. The number of aryl methyl sites for hydroxylation is 1. The van der Waals surface area contributed by atoms with Gasteiger partial charge in [-0.05, 0) is 61.5 Å². The highest BCUT2D eigenvalue weighted by molar-refractivity contribution is 6.04. The summed E-state index contributed by atoms with van der Waals surface area (Å²) in [6.07, 6.45) is 2.83. The fraction of sp³-hybridized carbons (Fsp3) is 0.133. The molecule has 0 bridgehead atoms. The van der Waals surface area contributed by atoms with Crippen LogP contribution < -0.4 is 30.8 Å². The van der Waals surface area contributed by atoms with E-state index >= 15 is 0 Å². The SMILES string of the molecule is CCn1cc(C(=O)Nc2ccc(Oc3ccnc4cc(OC)cc(OC)c34)cc2)c(=O)n(-c2ccc(F)cc2)c1=O. The van der Waals surface area contributed by atoms with Gasteiger partial charge in [0, 0.05) is 36.8 Å². The molecule has 2 heterocycles. The van der Waals surface area contributed by atoms with E-state index < -0.39 is 23.0 Å². The second-order valence-electron chi connectivity index (χ2n) is 8.84. The lowest BCUT2D eigenvalue weighted by Gasteiger charge is -2.14. The molecule has 208 valence electrons. The Morgan fingerprint density at radius 2 is 1.66 bits per heavy atom. The van der Waals surface area contributed by atoms with Gasteiger partial charge in [-0.15, -0.1) is 0 Å². The molecule has 0 saturated heterocycles. The van der Waals surface area contributed by atoms with E-state index in [0.29, 0.717) is 39.6 Å². The average Bonchev–Trinajstić information content (AvgIpc) is 2.98. The van der Waals surface area contributed by atoms with Crippen LogP contribution in [0.25, 0.3) is 16.6 Å². The number of nitrogens with zero attached hydrogens (tertiary/aromatic N) is 3. The number of carbonyl (C=O) groups is 1. The highest BCUT2D eigenvalue weighted by atomic mass is 19.1. The first-order chi connectivity index (χ1) is 19.8. The van der Waals surface area contributed by atoms with E-state index in [1.807, 2.05) is 0 Å². The lowest BCUT2D eigenvalue weighted by Crippen LogP contribution is -2.42. The third-order valence-corrected chi connectivity index (χ3v) is 6.36. The van der Waals surface area contributed by atoms with Gasteiger partial charge < -0.3 is 19.5 Å². The number of halogens is 1. The maximum absolute atomic E-state index is 13.4. The predicted molar refractivity (Wildman–Crippen MR) is 151 cm³/mol. The number of hydrogen-bond acceptors (Lipinski definition) is 7. The minimum atomic E-state index is -0.820. The molecule has 0 unspecified atom stereocenters. The van der Waals surface area contributed by atoms with E-state index in [1.165, 1.54) is 22.9 Å². The molecule has 0 radical (unpaired) electrons. The van der Waals surface area contributed by atoms with Gasteiger partial charge in [0.1, 0.15) is 34.4 Å². The molecule has 0 aliphatic heterocycles. The van der Waals surface area contributed by atoms with Crippen molar-refractivity contribution >= 4 is 22.5 Å². The van der Waals surface area contributed by atoms with Gasteiger partial charge in [-0.25, -0.2) is 13.8 Å². The van der Waals surface area contributed by atoms with Crippen LogP contribution in [0.4, 0.5) is 10.1 Å². The number of fused-ring (bicyclic) bond motifs is 1. The summed E-state index contributed by atoms with van der Waals surface area (Å²) in [6, 6.07) is 16.6. The number of methoxy groups -OCH3 is 2. The molecule has 0 aliphatic carbocycles. The molecule has 5 aromatic rings. The van der Waals surface area contributed by atoms with Gasteiger partial charge in [0.25, 0.3) is 11.5 Å². The number of nitrogens with one attached hydrogen (secondary N) is 1. The Hall–Kier alpha value is -5.45. The Morgan fingerprint density at radius 1 is 0.927 bits per heavy atom. The Morgan fingerprint density at radius 3 is 2.32 bits per heavy atom. The van der Waals surface area contributed by atoms with Gasteiger partial charge in [0.15, 0.2) is 0 Å². The Bertz CT molecular complexity index is 1860. The number of carbonyl (C=O) groups excluding carboxylic acids is 1. The number of anilines is 1. The van der Waals surface area contributed by atoms with Gasteiger partial charge in [-0.1, -0.05) is 0 Å². The van der Waals surface area contributed by atoms with Crippen LogP contribution in [-0.2, 0) is 6.54 Å². The first-order valence-corrected chi connectivity index (χ1v) is 12.6. The highest BCUT2D eigenvalue weighted by Crippen LogP contribution is 2.38. The topological polar surface area (TPSA) is 114 Å². The second-order valence-corrected chi connectivity index (χ2v) is 8.84. The summed E-state index contributed by atoms with van der Waals surface area (Å²) >= 11 is 0. The maximum Gasteiger partial charge on any atom is 0.335 e. The number of rotatable bonds is 8. The number of hydrogen-bond donors (Lipinski definition) is 1. The monoisotopic (exact) mass is 556 g/mol. The Balaban J connectivity index is 1.41. The van der Waals surface area contributed by atoms with Crippen LogP contribution in [0.3, 0.4) is 0 Å². The van der Waals surface area contributed by atoms with Crippen molar-refractivity contribution < 1.29 is 23.4 Å². The van der Waals surface area contributed by atoms with E-state index in [1.54, 1.807) is 69.8 Å². The second kappa shape index (κ2) is 11.3. The molecule has 0 fully saturated rings. The summed E-state index contributed by atoms with van der Waals surface area (Å²) in [5.74, 6) is 0.890. The Kier molecular flexibility index (Phi) is 7.51. The van der Waals surface area contributed by atoms with Crippen LogP contribution in [0, 0.1) is 5.82 Å². The largest absolute Gasteiger partial charge is 0.497 e.